The summed E-state index contributed by atoms with van der Waals surface area (Å²) in [7, 11) is 1.45. The van der Waals surface area contributed by atoms with E-state index in [1.807, 2.05) is 30.0 Å². The summed E-state index contributed by atoms with van der Waals surface area (Å²) in [5.41, 5.74) is 2.37. The van der Waals surface area contributed by atoms with E-state index in [4.69, 9.17) is 4.74 Å². The highest BCUT2D eigenvalue weighted by atomic mass is 16.5. The topological polar surface area (TPSA) is 49.9 Å². The van der Waals surface area contributed by atoms with E-state index >= 15 is 0 Å². The zero-order valence-electron chi connectivity index (χ0n) is 18.3. The van der Waals surface area contributed by atoms with Crippen LogP contribution in [0.15, 0.2) is 48.6 Å². The molecule has 2 saturated heterocycles. The van der Waals surface area contributed by atoms with Gasteiger partial charge in [-0.1, -0.05) is 43.7 Å². The van der Waals surface area contributed by atoms with Crippen molar-refractivity contribution in [2.24, 2.45) is 11.8 Å². The average molecular weight is 409 g/mol. The molecule has 3 aliphatic rings. The van der Waals surface area contributed by atoms with Gasteiger partial charge in [-0.15, -0.1) is 6.58 Å². The predicted octanol–water partition coefficient (Wildman–Crippen LogP) is 3.70. The largest absolute Gasteiger partial charge is 0.466 e. The Bertz CT molecular complexity index is 892. The lowest BCUT2D eigenvalue weighted by Crippen LogP contribution is -2.55. The number of anilines is 1. The first-order valence-corrected chi connectivity index (χ1v) is 11.0. The van der Waals surface area contributed by atoms with Crippen molar-refractivity contribution in [2.45, 2.75) is 44.6 Å². The van der Waals surface area contributed by atoms with Crippen LogP contribution in [-0.2, 0) is 19.7 Å². The second-order valence-electron chi connectivity index (χ2n) is 8.70. The molecule has 5 nitrogen and oxygen atoms in total. The van der Waals surface area contributed by atoms with E-state index in [1.54, 1.807) is 6.08 Å². The number of benzene rings is 1. The molecule has 3 heterocycles. The molecule has 1 aromatic carbocycles. The van der Waals surface area contributed by atoms with Crippen LogP contribution in [0.4, 0.5) is 5.69 Å². The summed E-state index contributed by atoms with van der Waals surface area (Å²) in [5.74, 6) is 0.438. The Hall–Kier alpha value is -2.40. The summed E-state index contributed by atoms with van der Waals surface area (Å²) in [6.07, 6.45) is 6.34. The fourth-order valence-electron chi connectivity index (χ4n) is 6.21. The number of fused-ring (bicyclic) bond motifs is 4. The van der Waals surface area contributed by atoms with Crippen LogP contribution in [-0.4, -0.2) is 49.6 Å². The quantitative estimate of drug-likeness (QED) is 0.424. The molecule has 3 aliphatic heterocycles. The highest BCUT2D eigenvalue weighted by Gasteiger charge is 2.61. The molecule has 0 aromatic heterocycles. The fraction of sp³-hybridized carbons (Fsp3) is 0.520. The maximum absolute atomic E-state index is 13.9. The molecular formula is C25H32N2O3. The van der Waals surface area contributed by atoms with Crippen molar-refractivity contribution >= 4 is 17.6 Å². The van der Waals surface area contributed by atoms with Crippen LogP contribution in [0.5, 0.6) is 0 Å². The molecular weight excluding hydrogens is 376 g/mol. The van der Waals surface area contributed by atoms with Crippen LogP contribution in [0.2, 0.25) is 0 Å². The van der Waals surface area contributed by atoms with E-state index in [0.717, 1.165) is 49.2 Å². The average Bonchev–Trinajstić information content (AvgIpc) is 3.26. The number of allylic oxidation sites excluding steroid dienone is 1. The molecule has 1 amide bonds. The normalized spacial score (nSPS) is 31.0. The fourth-order valence-corrected chi connectivity index (χ4v) is 6.21. The molecule has 4 rings (SSSR count). The number of carbonyl (C=O) groups is 2. The lowest BCUT2D eigenvalue weighted by atomic mass is 9.67. The molecule has 0 N–H and O–H groups in total. The number of hydrogen-bond donors (Lipinski definition) is 0. The highest BCUT2D eigenvalue weighted by molar-refractivity contribution is 6.09. The standard InChI is InChI=1S/C25H32N2O3/c1-5-13-27-21-11-9-8-10-20(21)25(24(27)29)12-14-26-16-17(6-2)19(15-22(25)26)18(7-3)23(28)30-4/h5,7-11,17,19,22H,1,6,12-16H2,2-4H3/b18-7+/t17-,19+,22+,25-/m1/s1. The van der Waals surface area contributed by atoms with Gasteiger partial charge in [0.15, 0.2) is 0 Å². The van der Waals surface area contributed by atoms with Crippen LogP contribution in [0, 0.1) is 11.8 Å². The number of hydrogen-bond acceptors (Lipinski definition) is 4. The molecule has 30 heavy (non-hydrogen) atoms. The zero-order valence-corrected chi connectivity index (χ0v) is 18.3. The molecule has 2 fully saturated rings. The number of carbonyl (C=O) groups excluding carboxylic acids is 2. The zero-order chi connectivity index (χ0) is 21.5. The molecule has 4 atom stereocenters. The Balaban J connectivity index is 1.77. The van der Waals surface area contributed by atoms with Gasteiger partial charge in [0.05, 0.1) is 12.5 Å². The lowest BCUT2D eigenvalue weighted by Gasteiger charge is -2.45. The van der Waals surface area contributed by atoms with Crippen LogP contribution in [0.25, 0.3) is 0 Å². The van der Waals surface area contributed by atoms with Crippen LogP contribution < -0.4 is 4.90 Å². The van der Waals surface area contributed by atoms with Gasteiger partial charge in [0, 0.05) is 30.4 Å². The minimum absolute atomic E-state index is 0.0911. The number of rotatable bonds is 5. The second kappa shape index (κ2) is 8.03. The lowest BCUT2D eigenvalue weighted by molar-refractivity contribution is -0.137. The van der Waals surface area contributed by atoms with Crippen molar-refractivity contribution in [1.82, 2.24) is 4.90 Å². The Kier molecular flexibility index (Phi) is 5.58. The van der Waals surface area contributed by atoms with Gasteiger partial charge < -0.3 is 9.64 Å². The third kappa shape index (κ3) is 2.86. The number of para-hydroxylation sites is 1. The van der Waals surface area contributed by atoms with Gasteiger partial charge in [-0.25, -0.2) is 4.79 Å². The number of esters is 1. The van der Waals surface area contributed by atoms with Crippen molar-refractivity contribution in [3.05, 3.63) is 54.1 Å². The SMILES string of the molecule is C=CCN1C(=O)[C@]2(CCN3C[C@@H](CC)[C@@H](/C(=C\C)C(=O)OC)C[C@H]32)c2ccccc21. The minimum Gasteiger partial charge on any atom is -0.466 e. The van der Waals surface area contributed by atoms with Crippen LogP contribution in [0.3, 0.4) is 0 Å². The number of ether oxygens (including phenoxy) is 1. The van der Waals surface area contributed by atoms with Crippen molar-refractivity contribution < 1.29 is 14.3 Å². The number of piperidine rings is 1. The van der Waals surface area contributed by atoms with E-state index in [2.05, 4.69) is 30.5 Å². The van der Waals surface area contributed by atoms with E-state index in [-0.39, 0.29) is 23.8 Å². The molecule has 0 bridgehead atoms. The molecule has 0 aliphatic carbocycles. The number of methoxy groups -OCH3 is 1. The van der Waals surface area contributed by atoms with Crippen molar-refractivity contribution in [1.29, 1.82) is 0 Å². The molecule has 1 aromatic rings. The van der Waals surface area contributed by atoms with Gasteiger partial charge >= 0.3 is 5.97 Å². The van der Waals surface area contributed by atoms with E-state index in [0.29, 0.717) is 12.5 Å². The summed E-state index contributed by atoms with van der Waals surface area (Å²) in [6.45, 7) is 10.3. The summed E-state index contributed by atoms with van der Waals surface area (Å²) in [5, 5.41) is 0. The maximum atomic E-state index is 13.9. The van der Waals surface area contributed by atoms with Gasteiger partial charge in [0.25, 0.3) is 0 Å². The van der Waals surface area contributed by atoms with Gasteiger partial charge in [-0.05, 0) is 49.8 Å². The first kappa shape index (κ1) is 20.9. The minimum atomic E-state index is -0.536. The Morgan fingerprint density at radius 1 is 1.37 bits per heavy atom. The summed E-state index contributed by atoms with van der Waals surface area (Å²) < 4.78 is 5.10. The Morgan fingerprint density at radius 2 is 2.13 bits per heavy atom. The van der Waals surface area contributed by atoms with Crippen molar-refractivity contribution in [2.75, 3.05) is 31.6 Å². The predicted molar refractivity (Wildman–Crippen MR) is 118 cm³/mol. The molecule has 1 spiro atoms. The highest BCUT2D eigenvalue weighted by Crippen LogP contribution is 2.54. The van der Waals surface area contributed by atoms with Gasteiger partial charge in [-0.2, -0.15) is 0 Å². The summed E-state index contributed by atoms with van der Waals surface area (Å²) in [4.78, 5) is 30.8. The van der Waals surface area contributed by atoms with Crippen LogP contribution >= 0.6 is 0 Å². The number of amides is 1. The van der Waals surface area contributed by atoms with Crippen molar-refractivity contribution in [3.63, 3.8) is 0 Å². The third-order valence-electron chi connectivity index (χ3n) is 7.59. The Morgan fingerprint density at radius 3 is 2.80 bits per heavy atom. The smallest absolute Gasteiger partial charge is 0.333 e. The maximum Gasteiger partial charge on any atom is 0.333 e. The van der Waals surface area contributed by atoms with Gasteiger partial charge in [0.2, 0.25) is 5.91 Å². The number of nitrogens with zero attached hydrogens (tertiary/aromatic N) is 2. The molecule has 0 saturated carbocycles. The van der Waals surface area contributed by atoms with Crippen LogP contribution in [0.1, 0.15) is 38.7 Å². The second-order valence-corrected chi connectivity index (χ2v) is 8.70. The monoisotopic (exact) mass is 408 g/mol. The first-order chi connectivity index (χ1) is 14.5. The van der Waals surface area contributed by atoms with Gasteiger partial charge in [0.1, 0.15) is 0 Å². The molecule has 0 radical (unpaired) electrons. The summed E-state index contributed by atoms with van der Waals surface area (Å²) in [6, 6.07) is 8.30. The molecule has 160 valence electrons. The van der Waals surface area contributed by atoms with E-state index in [1.165, 1.54) is 7.11 Å². The van der Waals surface area contributed by atoms with Crippen molar-refractivity contribution in [3.8, 4) is 0 Å². The summed E-state index contributed by atoms with van der Waals surface area (Å²) >= 11 is 0. The third-order valence-corrected chi connectivity index (χ3v) is 7.59. The van der Waals surface area contributed by atoms with Gasteiger partial charge in [-0.3, -0.25) is 9.69 Å². The first-order valence-electron chi connectivity index (χ1n) is 11.0. The molecule has 5 heteroatoms. The molecule has 0 unspecified atom stereocenters. The Labute approximate surface area is 179 Å². The van der Waals surface area contributed by atoms with E-state index in [9.17, 15) is 9.59 Å². The van der Waals surface area contributed by atoms with E-state index < -0.39 is 5.41 Å².